The molecule has 23 heavy (non-hydrogen) atoms. The molecule has 1 saturated heterocycles. The Balaban J connectivity index is 1.65. The van der Waals surface area contributed by atoms with Crippen LogP contribution in [0.15, 0.2) is 42.7 Å². The molecule has 2 aromatic rings. The summed E-state index contributed by atoms with van der Waals surface area (Å²) in [6.45, 7) is 1.60. The number of rotatable bonds is 4. The number of carbonyl (C=O) groups is 1. The minimum Gasteiger partial charge on any atom is -0.340 e. The average molecular weight is 312 g/mol. The number of hydrogen-bond acceptors (Lipinski definition) is 3. The van der Waals surface area contributed by atoms with Crippen LogP contribution in [0.25, 0.3) is 5.69 Å². The maximum absolute atomic E-state index is 12.6. The number of nitrogens with zero attached hydrogens (tertiary/aromatic N) is 4. The molecule has 1 unspecified atom stereocenters. The smallest absolute Gasteiger partial charge is 0.239 e. The van der Waals surface area contributed by atoms with E-state index in [1.54, 1.807) is 0 Å². The van der Waals surface area contributed by atoms with Gasteiger partial charge in [0.25, 0.3) is 0 Å². The van der Waals surface area contributed by atoms with Crippen molar-refractivity contribution in [2.24, 2.45) is 0 Å². The summed E-state index contributed by atoms with van der Waals surface area (Å²) in [5.74, 6) is 0.208. The highest BCUT2D eigenvalue weighted by Gasteiger charge is 2.28. The van der Waals surface area contributed by atoms with Crippen LogP contribution >= 0.6 is 0 Å². The average Bonchev–Trinajstić information content (AvgIpc) is 3.04. The Hall–Kier alpha value is -2.14. The molecule has 0 saturated carbocycles. The van der Waals surface area contributed by atoms with Crippen molar-refractivity contribution in [3.63, 3.8) is 0 Å². The number of piperidine rings is 1. The second-order valence-electron chi connectivity index (χ2n) is 6.32. The van der Waals surface area contributed by atoms with Crippen molar-refractivity contribution in [1.29, 1.82) is 0 Å². The molecule has 1 fully saturated rings. The molecule has 0 N–H and O–H groups in total. The highest BCUT2D eigenvalue weighted by Crippen LogP contribution is 2.18. The second-order valence-corrected chi connectivity index (χ2v) is 6.32. The summed E-state index contributed by atoms with van der Waals surface area (Å²) in [5.41, 5.74) is 2.07. The molecule has 1 aliphatic heterocycles. The van der Waals surface area contributed by atoms with Gasteiger partial charge in [-0.15, -0.1) is 0 Å². The molecule has 2 heterocycles. The molecule has 5 nitrogen and oxygen atoms in total. The summed E-state index contributed by atoms with van der Waals surface area (Å²) in [7, 11) is 3.92. The van der Waals surface area contributed by atoms with Crippen molar-refractivity contribution in [2.45, 2.75) is 31.8 Å². The molecule has 0 spiro atoms. The van der Waals surface area contributed by atoms with Gasteiger partial charge < -0.3 is 4.90 Å². The van der Waals surface area contributed by atoms with E-state index in [1.807, 2.05) is 66.4 Å². The van der Waals surface area contributed by atoms with Gasteiger partial charge in [-0.1, -0.05) is 24.6 Å². The highest BCUT2D eigenvalue weighted by molar-refractivity contribution is 5.81. The van der Waals surface area contributed by atoms with Crippen LogP contribution in [0.4, 0.5) is 0 Å². The molecular formula is C18H24N4O. The summed E-state index contributed by atoms with van der Waals surface area (Å²) in [5, 5.41) is 4.39. The van der Waals surface area contributed by atoms with E-state index in [0.717, 1.165) is 30.6 Å². The fraction of sp³-hybridized carbons (Fsp3) is 0.444. The first-order valence-electron chi connectivity index (χ1n) is 8.19. The maximum atomic E-state index is 12.6. The highest BCUT2D eigenvalue weighted by atomic mass is 16.2. The molecule has 0 aliphatic carbocycles. The monoisotopic (exact) mass is 312 g/mol. The lowest BCUT2D eigenvalue weighted by atomic mass is 10.0. The maximum Gasteiger partial charge on any atom is 0.239 e. The molecule has 1 aliphatic rings. The standard InChI is InChI=1S/C18H24N4O/c1-20-11-7-6-10-17(20)18(23)21(2)13-15-12-19-22(14-15)16-8-4-3-5-9-16/h3-5,8-9,12,14,17H,6-7,10-11,13H2,1-2H3. The van der Waals surface area contributed by atoms with Crippen molar-refractivity contribution in [3.8, 4) is 5.69 Å². The van der Waals surface area contributed by atoms with Crippen LogP contribution in [0.2, 0.25) is 0 Å². The minimum atomic E-state index is 0.0259. The van der Waals surface area contributed by atoms with Gasteiger partial charge in [0.05, 0.1) is 17.9 Å². The predicted octanol–water partition coefficient (Wildman–Crippen LogP) is 2.32. The van der Waals surface area contributed by atoms with E-state index < -0.39 is 0 Å². The molecule has 122 valence electrons. The van der Waals surface area contributed by atoms with Gasteiger partial charge in [0, 0.05) is 25.4 Å². The zero-order valence-corrected chi connectivity index (χ0v) is 13.9. The Labute approximate surface area is 137 Å². The molecule has 1 atom stereocenters. The number of likely N-dealkylation sites (N-methyl/N-ethyl adjacent to an activating group) is 2. The predicted molar refractivity (Wildman–Crippen MR) is 90.3 cm³/mol. The van der Waals surface area contributed by atoms with Gasteiger partial charge in [0.2, 0.25) is 5.91 Å². The van der Waals surface area contributed by atoms with E-state index in [4.69, 9.17) is 0 Å². The lowest BCUT2D eigenvalue weighted by Gasteiger charge is -2.33. The molecule has 1 aromatic carbocycles. The van der Waals surface area contributed by atoms with Gasteiger partial charge in [0.15, 0.2) is 0 Å². The molecule has 5 heteroatoms. The van der Waals surface area contributed by atoms with E-state index >= 15 is 0 Å². The van der Waals surface area contributed by atoms with E-state index in [1.165, 1.54) is 6.42 Å². The summed E-state index contributed by atoms with van der Waals surface area (Å²) >= 11 is 0. The van der Waals surface area contributed by atoms with Crippen LogP contribution in [-0.4, -0.2) is 52.2 Å². The Morgan fingerprint density at radius 2 is 2.09 bits per heavy atom. The zero-order valence-electron chi connectivity index (χ0n) is 13.9. The molecular weight excluding hydrogens is 288 g/mol. The van der Waals surface area contributed by atoms with Crippen LogP contribution in [0.3, 0.4) is 0 Å². The van der Waals surface area contributed by atoms with Crippen molar-refractivity contribution in [1.82, 2.24) is 19.6 Å². The Bertz CT molecular complexity index is 652. The van der Waals surface area contributed by atoms with Gasteiger partial charge in [-0.05, 0) is 38.6 Å². The van der Waals surface area contributed by atoms with Gasteiger partial charge in [0.1, 0.15) is 0 Å². The third-order valence-electron chi connectivity index (χ3n) is 4.51. The first kappa shape index (κ1) is 15.7. The first-order valence-corrected chi connectivity index (χ1v) is 8.19. The number of hydrogen-bond donors (Lipinski definition) is 0. The number of aromatic nitrogens is 2. The Morgan fingerprint density at radius 1 is 1.30 bits per heavy atom. The molecule has 1 aromatic heterocycles. The van der Waals surface area contributed by atoms with Gasteiger partial charge in [-0.2, -0.15) is 5.10 Å². The fourth-order valence-corrected chi connectivity index (χ4v) is 3.16. The van der Waals surface area contributed by atoms with Gasteiger partial charge in [-0.3, -0.25) is 9.69 Å². The largest absolute Gasteiger partial charge is 0.340 e. The summed E-state index contributed by atoms with van der Waals surface area (Å²) in [4.78, 5) is 16.6. The van der Waals surface area contributed by atoms with Crippen LogP contribution < -0.4 is 0 Å². The third-order valence-corrected chi connectivity index (χ3v) is 4.51. The topological polar surface area (TPSA) is 41.4 Å². The third kappa shape index (κ3) is 3.62. The van der Waals surface area contributed by atoms with Gasteiger partial charge >= 0.3 is 0 Å². The van der Waals surface area contributed by atoms with Crippen LogP contribution in [-0.2, 0) is 11.3 Å². The van der Waals surface area contributed by atoms with Crippen LogP contribution in [0.1, 0.15) is 24.8 Å². The van der Waals surface area contributed by atoms with E-state index in [2.05, 4.69) is 10.00 Å². The summed E-state index contributed by atoms with van der Waals surface area (Å²) < 4.78 is 1.85. The van der Waals surface area contributed by atoms with Crippen molar-refractivity contribution >= 4 is 5.91 Å². The number of benzene rings is 1. The number of likely N-dealkylation sites (tertiary alicyclic amines) is 1. The molecule has 0 radical (unpaired) electrons. The van der Waals surface area contributed by atoms with Gasteiger partial charge in [-0.25, -0.2) is 4.68 Å². The van der Waals surface area contributed by atoms with E-state index in [-0.39, 0.29) is 11.9 Å². The van der Waals surface area contributed by atoms with Crippen LogP contribution in [0.5, 0.6) is 0 Å². The minimum absolute atomic E-state index is 0.0259. The number of amides is 1. The SMILES string of the molecule is CN(Cc1cnn(-c2ccccc2)c1)C(=O)C1CCCCN1C. The number of para-hydroxylation sites is 1. The van der Waals surface area contributed by atoms with E-state index in [9.17, 15) is 4.79 Å². The van der Waals surface area contributed by atoms with Crippen molar-refractivity contribution < 1.29 is 4.79 Å². The molecule has 1 amide bonds. The quantitative estimate of drug-likeness (QED) is 0.870. The van der Waals surface area contributed by atoms with Crippen molar-refractivity contribution in [2.75, 3.05) is 20.6 Å². The first-order chi connectivity index (χ1) is 11.1. The lowest BCUT2D eigenvalue weighted by Crippen LogP contribution is -2.47. The molecule has 3 rings (SSSR count). The normalized spacial score (nSPS) is 18.8. The number of carbonyl (C=O) groups excluding carboxylic acids is 1. The van der Waals surface area contributed by atoms with Crippen molar-refractivity contribution in [3.05, 3.63) is 48.3 Å². The Morgan fingerprint density at radius 3 is 2.83 bits per heavy atom. The Kier molecular flexibility index (Phi) is 4.76. The lowest BCUT2D eigenvalue weighted by molar-refractivity contribution is -0.136. The summed E-state index contributed by atoms with van der Waals surface area (Å²) in [6, 6.07) is 10.0. The molecule has 0 bridgehead atoms. The second kappa shape index (κ2) is 6.96. The fourth-order valence-electron chi connectivity index (χ4n) is 3.16. The summed E-state index contributed by atoms with van der Waals surface area (Å²) in [6.07, 6.45) is 7.11. The van der Waals surface area contributed by atoms with Crippen LogP contribution in [0, 0.1) is 0 Å². The van der Waals surface area contributed by atoms with E-state index in [0.29, 0.717) is 6.54 Å². The zero-order chi connectivity index (χ0) is 16.2.